The first-order valence-corrected chi connectivity index (χ1v) is 5.91. The second-order valence-electron chi connectivity index (χ2n) is 2.76. The molecule has 0 radical (unpaired) electrons. The Morgan fingerprint density at radius 1 is 1.60 bits per heavy atom. The Bertz CT molecular complexity index is 178. The summed E-state index contributed by atoms with van der Waals surface area (Å²) in [6.45, 7) is 6.66. The van der Waals surface area contributed by atoms with Crippen LogP contribution in [0.3, 0.4) is 0 Å². The summed E-state index contributed by atoms with van der Waals surface area (Å²) < 4.78 is 11.0. The van der Waals surface area contributed by atoms with E-state index in [9.17, 15) is 9.36 Å². The van der Waals surface area contributed by atoms with Crippen molar-refractivity contribution in [3.8, 4) is 0 Å². The Hall–Kier alpha value is -0.360. The van der Waals surface area contributed by atoms with Gasteiger partial charge in [0, 0.05) is 6.42 Å². The molecule has 2 nitrogen and oxygen atoms in total. The topological polar surface area (TPSA) is 34.1 Å². The highest BCUT2D eigenvalue weighted by Crippen LogP contribution is 2.35. The van der Waals surface area contributed by atoms with Gasteiger partial charge in [-0.3, -0.25) is 4.79 Å². The Kier molecular flexibility index (Phi) is 3.59. The van der Waals surface area contributed by atoms with E-state index in [-0.39, 0.29) is 11.9 Å². The van der Waals surface area contributed by atoms with Gasteiger partial charge >= 0.3 is 0 Å². The van der Waals surface area contributed by atoms with Crippen molar-refractivity contribution < 1.29 is 9.36 Å². The third kappa shape index (κ3) is 5.77. The number of ketones is 1. The minimum Gasteiger partial charge on any atom is -0.324 e. The molecule has 0 N–H and O–H groups in total. The number of carbonyl (C=O) groups excluding carboxylic acids is 1. The molecule has 0 fully saturated rings. The van der Waals surface area contributed by atoms with Gasteiger partial charge in [-0.1, -0.05) is 6.08 Å². The highest BCUT2D eigenvalue weighted by molar-refractivity contribution is 7.63. The van der Waals surface area contributed by atoms with Crippen LogP contribution in [0.15, 0.2) is 12.7 Å². The van der Waals surface area contributed by atoms with E-state index in [1.165, 1.54) is 6.08 Å². The Labute approximate surface area is 61.7 Å². The van der Waals surface area contributed by atoms with Crippen molar-refractivity contribution in [1.29, 1.82) is 0 Å². The van der Waals surface area contributed by atoms with Gasteiger partial charge in [-0.15, -0.1) is 6.58 Å². The van der Waals surface area contributed by atoms with Gasteiger partial charge in [-0.05, 0) is 13.3 Å². The summed E-state index contributed by atoms with van der Waals surface area (Å²) >= 11 is 0. The molecule has 0 atom stereocenters. The zero-order chi connectivity index (χ0) is 8.20. The molecule has 3 heteroatoms. The van der Waals surface area contributed by atoms with Crippen LogP contribution in [0.4, 0.5) is 0 Å². The van der Waals surface area contributed by atoms with Gasteiger partial charge in [0.25, 0.3) is 0 Å². The average Bonchev–Trinajstić information content (AvgIpc) is 1.59. The molecule has 0 saturated carbocycles. The van der Waals surface area contributed by atoms with Crippen LogP contribution in [0.1, 0.15) is 6.42 Å². The lowest BCUT2D eigenvalue weighted by atomic mass is 10.3. The summed E-state index contributed by atoms with van der Waals surface area (Å²) in [6.07, 6.45) is 2.09. The lowest BCUT2D eigenvalue weighted by Gasteiger charge is -2.02. The number of carbonyl (C=O) groups is 1. The molecule has 0 rings (SSSR count). The van der Waals surface area contributed by atoms with Crippen molar-refractivity contribution >= 4 is 12.9 Å². The molecular weight excluding hydrogens is 147 g/mol. The van der Waals surface area contributed by atoms with Crippen LogP contribution >= 0.6 is 7.14 Å². The van der Waals surface area contributed by atoms with Crippen LogP contribution in [-0.2, 0) is 9.36 Å². The third-order valence-corrected chi connectivity index (χ3v) is 2.04. The average molecular weight is 160 g/mol. The molecule has 0 aromatic carbocycles. The zero-order valence-corrected chi connectivity index (χ0v) is 7.36. The molecule has 0 unspecified atom stereocenters. The highest BCUT2D eigenvalue weighted by Gasteiger charge is 2.11. The SMILES string of the molecule is C=CCC(=O)CP(C)(C)=O. The van der Waals surface area contributed by atoms with Gasteiger partial charge in [-0.2, -0.15) is 0 Å². The highest BCUT2D eigenvalue weighted by atomic mass is 31.2. The molecule has 0 heterocycles. The number of Topliss-reactive ketones (excluding diaryl/α,β-unsaturated/α-hetero) is 1. The first-order valence-electron chi connectivity index (χ1n) is 3.12. The van der Waals surface area contributed by atoms with E-state index >= 15 is 0 Å². The van der Waals surface area contributed by atoms with Gasteiger partial charge in [0.1, 0.15) is 5.78 Å². The normalized spacial score (nSPS) is 11.0. The predicted octanol–water partition coefficient (Wildman–Crippen LogP) is 1.75. The van der Waals surface area contributed by atoms with Gasteiger partial charge in [-0.25, -0.2) is 0 Å². The fraction of sp³-hybridized carbons (Fsp3) is 0.571. The van der Waals surface area contributed by atoms with Crippen LogP contribution in [0.2, 0.25) is 0 Å². The van der Waals surface area contributed by atoms with Crippen molar-refractivity contribution in [3.63, 3.8) is 0 Å². The molecule has 0 aromatic heterocycles. The lowest BCUT2D eigenvalue weighted by molar-refractivity contribution is -0.115. The first kappa shape index (κ1) is 9.64. The fourth-order valence-electron chi connectivity index (χ4n) is 0.650. The largest absolute Gasteiger partial charge is 0.324 e. The van der Waals surface area contributed by atoms with Gasteiger partial charge in [0.15, 0.2) is 0 Å². The summed E-state index contributed by atoms with van der Waals surface area (Å²) in [5.74, 6) is 0.0170. The number of hydrogen-bond acceptors (Lipinski definition) is 2. The number of rotatable bonds is 4. The fourth-order valence-corrected chi connectivity index (χ4v) is 1.63. The third-order valence-electron chi connectivity index (χ3n) is 0.929. The maximum Gasteiger partial charge on any atom is 0.143 e. The second kappa shape index (κ2) is 3.72. The molecule has 58 valence electrons. The van der Waals surface area contributed by atoms with E-state index in [1.54, 1.807) is 13.3 Å². The second-order valence-corrected chi connectivity index (χ2v) is 6.23. The van der Waals surface area contributed by atoms with Gasteiger partial charge in [0.2, 0.25) is 0 Å². The summed E-state index contributed by atoms with van der Waals surface area (Å²) in [5, 5.41) is 0. The molecule has 10 heavy (non-hydrogen) atoms. The van der Waals surface area contributed by atoms with Crippen molar-refractivity contribution in [2.24, 2.45) is 0 Å². The Balaban J connectivity index is 3.80. The maximum atomic E-state index is 11.0. The number of hydrogen-bond donors (Lipinski definition) is 0. The molecule has 0 aliphatic carbocycles. The van der Waals surface area contributed by atoms with Gasteiger partial charge < -0.3 is 4.57 Å². The minimum atomic E-state index is -2.15. The Morgan fingerprint density at radius 3 is 2.40 bits per heavy atom. The minimum absolute atomic E-state index is 0.0170. The van der Waals surface area contributed by atoms with Crippen LogP contribution in [0.5, 0.6) is 0 Å². The summed E-state index contributed by atoms with van der Waals surface area (Å²) in [5.41, 5.74) is 0. The van der Waals surface area contributed by atoms with Crippen molar-refractivity contribution in [3.05, 3.63) is 12.7 Å². The summed E-state index contributed by atoms with van der Waals surface area (Å²) in [6, 6.07) is 0. The van der Waals surface area contributed by atoms with E-state index in [1.807, 2.05) is 0 Å². The van der Waals surface area contributed by atoms with Crippen LogP contribution < -0.4 is 0 Å². The Morgan fingerprint density at radius 2 is 2.10 bits per heavy atom. The molecule has 0 aliphatic rings. The molecule has 0 spiro atoms. The van der Waals surface area contributed by atoms with Gasteiger partial charge in [0.05, 0.1) is 13.3 Å². The molecular formula is C7H13O2P. The zero-order valence-electron chi connectivity index (χ0n) is 6.46. The summed E-state index contributed by atoms with van der Waals surface area (Å²) in [7, 11) is -2.15. The summed E-state index contributed by atoms with van der Waals surface area (Å²) in [4.78, 5) is 10.8. The van der Waals surface area contributed by atoms with Crippen LogP contribution in [-0.4, -0.2) is 25.3 Å². The molecule has 0 aromatic rings. The van der Waals surface area contributed by atoms with E-state index in [0.717, 1.165) is 0 Å². The van der Waals surface area contributed by atoms with Crippen LogP contribution in [0.25, 0.3) is 0 Å². The molecule has 0 aliphatic heterocycles. The van der Waals surface area contributed by atoms with E-state index < -0.39 is 7.14 Å². The van der Waals surface area contributed by atoms with Crippen LogP contribution in [0, 0.1) is 0 Å². The molecule has 0 saturated heterocycles. The maximum absolute atomic E-state index is 11.0. The smallest absolute Gasteiger partial charge is 0.143 e. The standard InChI is InChI=1S/C7H13O2P/c1-4-5-7(8)6-10(2,3)9/h4H,1,5-6H2,2-3H3. The number of allylic oxidation sites excluding steroid dienone is 1. The first-order chi connectivity index (χ1) is 4.45. The van der Waals surface area contributed by atoms with Crippen molar-refractivity contribution in [1.82, 2.24) is 0 Å². The monoisotopic (exact) mass is 160 g/mol. The predicted molar refractivity (Wildman–Crippen MR) is 44.1 cm³/mol. The molecule has 0 amide bonds. The van der Waals surface area contributed by atoms with E-state index in [2.05, 4.69) is 6.58 Å². The van der Waals surface area contributed by atoms with E-state index in [0.29, 0.717) is 6.42 Å². The lowest BCUT2D eigenvalue weighted by Crippen LogP contribution is -2.02. The quantitative estimate of drug-likeness (QED) is 0.463. The van der Waals surface area contributed by atoms with Crippen molar-refractivity contribution in [2.45, 2.75) is 6.42 Å². The van der Waals surface area contributed by atoms with Crippen molar-refractivity contribution in [2.75, 3.05) is 19.5 Å². The molecule has 0 bridgehead atoms. The van der Waals surface area contributed by atoms with E-state index in [4.69, 9.17) is 0 Å².